The maximum absolute atomic E-state index is 12.7. The number of imide groups is 1. The van der Waals surface area contributed by atoms with Crippen LogP contribution in [0.5, 0.6) is 0 Å². The van der Waals surface area contributed by atoms with Crippen molar-refractivity contribution >= 4 is 35.3 Å². The van der Waals surface area contributed by atoms with Gasteiger partial charge in [-0.25, -0.2) is 4.79 Å². The molecule has 0 spiro atoms. The van der Waals surface area contributed by atoms with Crippen molar-refractivity contribution in [2.45, 2.75) is 39.2 Å². The Labute approximate surface area is 198 Å². The van der Waals surface area contributed by atoms with Crippen molar-refractivity contribution in [2.75, 3.05) is 13.2 Å². The lowest BCUT2D eigenvalue weighted by Gasteiger charge is -2.23. The number of carbonyl (C=O) groups is 4. The third kappa shape index (κ3) is 5.79. The number of hydrogen-bond donors (Lipinski definition) is 1. The zero-order chi connectivity index (χ0) is 24.0. The van der Waals surface area contributed by atoms with Gasteiger partial charge in [0.2, 0.25) is 0 Å². The number of carbonyl (C=O) groups excluding carboxylic acids is 4. The van der Waals surface area contributed by atoms with Crippen LogP contribution in [0.4, 0.5) is 0 Å². The molecule has 3 amide bonds. The highest BCUT2D eigenvalue weighted by Crippen LogP contribution is 2.22. The quantitative estimate of drug-likeness (QED) is 0.320. The van der Waals surface area contributed by atoms with Gasteiger partial charge in [-0.3, -0.25) is 19.3 Å². The van der Waals surface area contributed by atoms with E-state index < -0.39 is 12.0 Å². The molecule has 3 rings (SSSR count). The number of unbranched alkanes of at least 4 members (excludes halogenated alkanes) is 1. The molecule has 0 saturated heterocycles. The van der Waals surface area contributed by atoms with Crippen LogP contribution in [0.15, 0.2) is 48.5 Å². The average molecular weight is 471 g/mol. The fraction of sp³-hybridized carbons (Fsp3) is 0.360. The molecule has 1 aliphatic heterocycles. The van der Waals surface area contributed by atoms with E-state index in [2.05, 4.69) is 5.32 Å². The Morgan fingerprint density at radius 1 is 1.00 bits per heavy atom. The van der Waals surface area contributed by atoms with Gasteiger partial charge < -0.3 is 10.1 Å². The number of hydrogen-bond acceptors (Lipinski definition) is 5. The van der Waals surface area contributed by atoms with Gasteiger partial charge in [0.1, 0.15) is 6.04 Å². The lowest BCUT2D eigenvalue weighted by Crippen LogP contribution is -2.46. The third-order valence-corrected chi connectivity index (χ3v) is 6.01. The minimum Gasteiger partial charge on any atom is -0.464 e. The van der Waals surface area contributed by atoms with Crippen LogP contribution in [0.1, 0.15) is 64.2 Å². The predicted octanol–water partition coefficient (Wildman–Crippen LogP) is 4.10. The smallest absolute Gasteiger partial charge is 0.328 e. The molecule has 2 atom stereocenters. The Kier molecular flexibility index (Phi) is 8.22. The summed E-state index contributed by atoms with van der Waals surface area (Å²) >= 11 is 5.86. The minimum atomic E-state index is -0.783. The van der Waals surface area contributed by atoms with Gasteiger partial charge in [0.05, 0.1) is 17.7 Å². The second-order valence-electron chi connectivity index (χ2n) is 8.03. The topological polar surface area (TPSA) is 92.8 Å². The van der Waals surface area contributed by atoms with Crippen LogP contribution in [-0.2, 0) is 9.53 Å². The Bertz CT molecular complexity index is 1000. The van der Waals surface area contributed by atoms with E-state index in [4.69, 9.17) is 16.3 Å². The highest BCUT2D eigenvalue weighted by atomic mass is 35.5. The number of nitrogens with one attached hydrogen (secondary N) is 1. The summed E-state index contributed by atoms with van der Waals surface area (Å²) in [5.74, 6) is -1.59. The van der Waals surface area contributed by atoms with Crippen LogP contribution in [0.25, 0.3) is 0 Å². The molecule has 2 aromatic rings. The van der Waals surface area contributed by atoms with Gasteiger partial charge in [0.15, 0.2) is 0 Å². The molecular formula is C25H27ClN2O5. The largest absolute Gasteiger partial charge is 0.464 e. The van der Waals surface area contributed by atoms with E-state index in [-0.39, 0.29) is 36.8 Å². The summed E-state index contributed by atoms with van der Waals surface area (Å²) in [4.78, 5) is 51.2. The van der Waals surface area contributed by atoms with Gasteiger partial charge in [0, 0.05) is 17.1 Å². The summed E-state index contributed by atoms with van der Waals surface area (Å²) in [7, 11) is 0. The van der Waals surface area contributed by atoms with Crippen molar-refractivity contribution in [1.29, 1.82) is 0 Å². The highest BCUT2D eigenvalue weighted by Gasteiger charge is 2.34. The summed E-state index contributed by atoms with van der Waals surface area (Å²) in [6.45, 7) is 4.19. The number of halogens is 1. The third-order valence-electron chi connectivity index (χ3n) is 5.76. The Hall–Kier alpha value is -3.19. The van der Waals surface area contributed by atoms with Crippen molar-refractivity contribution < 1.29 is 23.9 Å². The standard InChI is InChI=1S/C25H27ClN2O5/c1-3-16(2)21(27-22(29)17-10-12-18(26)13-11-17)25(32)33-15-7-6-14-28-23(30)19-8-4-5-9-20(19)24(28)31/h4-5,8-13,16,21H,3,6-7,14-15H2,1-2H3,(H,27,29)/t16-,21-/m0/s1. The number of rotatable bonds is 10. The zero-order valence-corrected chi connectivity index (χ0v) is 19.4. The number of esters is 1. The number of benzene rings is 2. The molecular weight excluding hydrogens is 444 g/mol. The summed E-state index contributed by atoms with van der Waals surface area (Å²) in [5.41, 5.74) is 1.24. The minimum absolute atomic E-state index is 0.118. The van der Waals surface area contributed by atoms with Crippen LogP contribution < -0.4 is 5.32 Å². The molecule has 0 radical (unpaired) electrons. The molecule has 2 aromatic carbocycles. The summed E-state index contributed by atoms with van der Waals surface area (Å²) in [6, 6.07) is 12.4. The monoisotopic (exact) mass is 470 g/mol. The summed E-state index contributed by atoms with van der Waals surface area (Å²) in [6.07, 6.45) is 1.67. The van der Waals surface area contributed by atoms with E-state index in [1.54, 1.807) is 48.5 Å². The molecule has 0 fully saturated rings. The Morgan fingerprint density at radius 3 is 2.18 bits per heavy atom. The summed E-state index contributed by atoms with van der Waals surface area (Å²) in [5, 5.41) is 3.28. The van der Waals surface area contributed by atoms with E-state index in [0.29, 0.717) is 41.0 Å². The van der Waals surface area contributed by atoms with Crippen molar-refractivity contribution in [1.82, 2.24) is 10.2 Å². The molecule has 7 nitrogen and oxygen atoms in total. The molecule has 0 bridgehead atoms. The molecule has 33 heavy (non-hydrogen) atoms. The molecule has 0 unspecified atom stereocenters. The zero-order valence-electron chi connectivity index (χ0n) is 18.7. The normalized spacial score (nSPS) is 14.6. The Balaban J connectivity index is 1.47. The molecule has 0 aliphatic carbocycles. The van der Waals surface area contributed by atoms with Gasteiger partial charge >= 0.3 is 5.97 Å². The molecule has 1 aliphatic rings. The number of nitrogens with zero attached hydrogens (tertiary/aromatic N) is 1. The predicted molar refractivity (Wildman–Crippen MR) is 124 cm³/mol. The van der Waals surface area contributed by atoms with Crippen molar-refractivity contribution in [3.05, 3.63) is 70.2 Å². The lowest BCUT2D eigenvalue weighted by molar-refractivity contribution is -0.147. The van der Waals surface area contributed by atoms with E-state index in [9.17, 15) is 19.2 Å². The lowest BCUT2D eigenvalue weighted by atomic mass is 9.98. The summed E-state index contributed by atoms with van der Waals surface area (Å²) < 4.78 is 5.40. The van der Waals surface area contributed by atoms with Crippen LogP contribution in [0.2, 0.25) is 5.02 Å². The van der Waals surface area contributed by atoms with Crippen molar-refractivity contribution in [3.8, 4) is 0 Å². The van der Waals surface area contributed by atoms with Crippen LogP contribution in [0.3, 0.4) is 0 Å². The van der Waals surface area contributed by atoms with Gasteiger partial charge in [0.25, 0.3) is 17.7 Å². The number of amides is 3. The molecule has 8 heteroatoms. The fourth-order valence-corrected chi connectivity index (χ4v) is 3.70. The first-order valence-electron chi connectivity index (χ1n) is 11.0. The number of ether oxygens (including phenoxy) is 1. The van der Waals surface area contributed by atoms with Crippen LogP contribution in [-0.4, -0.2) is 47.8 Å². The first-order chi connectivity index (χ1) is 15.8. The highest BCUT2D eigenvalue weighted by molar-refractivity contribution is 6.30. The maximum atomic E-state index is 12.7. The van der Waals surface area contributed by atoms with Crippen molar-refractivity contribution in [2.24, 2.45) is 5.92 Å². The van der Waals surface area contributed by atoms with E-state index in [1.807, 2.05) is 13.8 Å². The fourth-order valence-electron chi connectivity index (χ4n) is 3.57. The van der Waals surface area contributed by atoms with E-state index in [0.717, 1.165) is 0 Å². The SMILES string of the molecule is CC[C@H](C)[C@H](NC(=O)c1ccc(Cl)cc1)C(=O)OCCCCN1C(=O)c2ccccc2C1=O. The average Bonchev–Trinajstić information content (AvgIpc) is 3.06. The maximum Gasteiger partial charge on any atom is 0.328 e. The second-order valence-corrected chi connectivity index (χ2v) is 8.46. The van der Waals surface area contributed by atoms with Gasteiger partial charge in [-0.2, -0.15) is 0 Å². The first kappa shape index (κ1) is 24.5. The van der Waals surface area contributed by atoms with Crippen molar-refractivity contribution in [3.63, 3.8) is 0 Å². The van der Waals surface area contributed by atoms with E-state index >= 15 is 0 Å². The van der Waals surface area contributed by atoms with E-state index in [1.165, 1.54) is 4.90 Å². The molecule has 0 aromatic heterocycles. The van der Waals surface area contributed by atoms with Gasteiger partial charge in [-0.05, 0) is 55.2 Å². The second kappa shape index (κ2) is 11.1. The molecule has 0 saturated carbocycles. The first-order valence-corrected chi connectivity index (χ1v) is 11.4. The molecule has 1 heterocycles. The molecule has 1 N–H and O–H groups in total. The van der Waals surface area contributed by atoms with Gasteiger partial charge in [-0.1, -0.05) is 44.0 Å². The molecule has 174 valence electrons. The van der Waals surface area contributed by atoms with Gasteiger partial charge in [-0.15, -0.1) is 0 Å². The van der Waals surface area contributed by atoms with Crippen LogP contribution >= 0.6 is 11.6 Å². The number of fused-ring (bicyclic) bond motifs is 1. The van der Waals surface area contributed by atoms with Crippen LogP contribution in [0, 0.1) is 5.92 Å². The Morgan fingerprint density at radius 2 is 1.61 bits per heavy atom.